The second-order valence-corrected chi connectivity index (χ2v) is 8.27. The lowest BCUT2D eigenvalue weighted by Crippen LogP contribution is -3.00. The van der Waals surface area contributed by atoms with E-state index in [4.69, 9.17) is 32.7 Å². The molecule has 3 aromatic rings. The number of halogens is 3. The van der Waals surface area contributed by atoms with Crippen molar-refractivity contribution in [2.45, 2.75) is 25.2 Å². The maximum atomic E-state index is 6.50. The number of ether oxygens (including phenoxy) is 2. The molecule has 0 aliphatic carbocycles. The molecule has 0 fully saturated rings. The van der Waals surface area contributed by atoms with Crippen molar-refractivity contribution in [3.05, 3.63) is 57.6 Å². The molecular weight excluding hydrogens is 481 g/mol. The van der Waals surface area contributed by atoms with Gasteiger partial charge in [0.1, 0.15) is 6.61 Å². The van der Waals surface area contributed by atoms with Gasteiger partial charge in [-0.3, -0.25) is 0 Å². The van der Waals surface area contributed by atoms with E-state index in [0.717, 1.165) is 28.6 Å². The molecule has 0 radical (unpaired) electrons. The van der Waals surface area contributed by atoms with Crippen LogP contribution in [0.25, 0.3) is 0 Å². The van der Waals surface area contributed by atoms with E-state index in [2.05, 4.69) is 20.8 Å². The van der Waals surface area contributed by atoms with Crippen LogP contribution in [0.5, 0.6) is 11.5 Å². The number of thioether (sulfide) groups is 1. The van der Waals surface area contributed by atoms with Gasteiger partial charge in [0, 0.05) is 30.9 Å². The second-order valence-electron chi connectivity index (χ2n) is 6.36. The Balaban J connectivity index is 0.00000341. The summed E-state index contributed by atoms with van der Waals surface area (Å²) in [4.78, 5) is 0. The summed E-state index contributed by atoms with van der Waals surface area (Å²) in [5.41, 5.74) is 2.02. The number of benzene rings is 2. The standard InChI is InChI=1S/C20H23Cl2N5O2S.ClH/c1-3-28-18-11-15(12-23-8-9-30-20-24-25-26-27(20)2)10-17(22)19(18)29-13-14-4-6-16(21)7-5-14;/h4-7,10-11,23H,3,8-9,12-13H2,1-2H3;1H/p-1. The summed E-state index contributed by atoms with van der Waals surface area (Å²) in [6.07, 6.45) is 0. The third-order valence-corrected chi connectivity index (χ3v) is 5.63. The lowest BCUT2D eigenvalue weighted by Gasteiger charge is -2.16. The highest BCUT2D eigenvalue weighted by Crippen LogP contribution is 2.37. The van der Waals surface area contributed by atoms with E-state index >= 15 is 0 Å². The smallest absolute Gasteiger partial charge is 0.209 e. The Morgan fingerprint density at radius 1 is 1.10 bits per heavy atom. The number of tetrazole rings is 1. The second kappa shape index (κ2) is 13.0. The van der Waals surface area contributed by atoms with Crippen LogP contribution >= 0.6 is 35.0 Å². The van der Waals surface area contributed by atoms with Crippen molar-refractivity contribution in [3.63, 3.8) is 0 Å². The Bertz CT molecular complexity index is 956. The molecule has 31 heavy (non-hydrogen) atoms. The summed E-state index contributed by atoms with van der Waals surface area (Å²) in [5.74, 6) is 2.03. The van der Waals surface area contributed by atoms with Crippen LogP contribution < -0.4 is 27.2 Å². The van der Waals surface area contributed by atoms with Crippen molar-refractivity contribution >= 4 is 35.0 Å². The van der Waals surface area contributed by atoms with Crippen molar-refractivity contribution in [3.8, 4) is 11.5 Å². The first-order chi connectivity index (χ1) is 14.6. The van der Waals surface area contributed by atoms with Crippen LogP contribution in [0.4, 0.5) is 0 Å². The normalized spacial score (nSPS) is 10.6. The predicted molar refractivity (Wildman–Crippen MR) is 120 cm³/mol. The quantitative estimate of drug-likeness (QED) is 0.313. The fourth-order valence-electron chi connectivity index (χ4n) is 2.65. The first-order valence-corrected chi connectivity index (χ1v) is 11.2. The van der Waals surface area contributed by atoms with E-state index in [1.807, 2.05) is 50.4 Å². The number of hydrogen-bond donors (Lipinski definition) is 1. The molecule has 1 N–H and O–H groups in total. The largest absolute Gasteiger partial charge is 1.00 e. The summed E-state index contributed by atoms with van der Waals surface area (Å²) < 4.78 is 13.4. The van der Waals surface area contributed by atoms with Gasteiger partial charge in [-0.25, -0.2) is 4.68 Å². The van der Waals surface area contributed by atoms with Gasteiger partial charge in [0.25, 0.3) is 0 Å². The minimum atomic E-state index is 0. The summed E-state index contributed by atoms with van der Waals surface area (Å²) in [7, 11) is 1.82. The molecule has 0 saturated heterocycles. The van der Waals surface area contributed by atoms with Gasteiger partial charge < -0.3 is 27.2 Å². The van der Waals surface area contributed by atoms with Gasteiger partial charge in [0.2, 0.25) is 5.16 Å². The van der Waals surface area contributed by atoms with E-state index in [1.165, 1.54) is 0 Å². The van der Waals surface area contributed by atoms with Crippen LogP contribution in [0.15, 0.2) is 41.6 Å². The van der Waals surface area contributed by atoms with Gasteiger partial charge in [0.05, 0.1) is 11.6 Å². The molecule has 0 aliphatic rings. The van der Waals surface area contributed by atoms with Gasteiger partial charge in [-0.1, -0.05) is 47.1 Å². The Morgan fingerprint density at radius 2 is 1.87 bits per heavy atom. The maximum absolute atomic E-state index is 6.50. The summed E-state index contributed by atoms with van der Waals surface area (Å²) in [6.45, 7) is 4.29. The SMILES string of the molecule is CCOc1cc(CNCCSc2nnnn2C)cc(Cl)c1OCc1ccc(Cl)cc1.[Cl-]. The van der Waals surface area contributed by atoms with Crippen LogP contribution in [0.2, 0.25) is 10.0 Å². The van der Waals surface area contributed by atoms with Gasteiger partial charge in [-0.15, -0.1) is 5.10 Å². The molecule has 0 bridgehead atoms. The van der Waals surface area contributed by atoms with E-state index in [0.29, 0.717) is 41.3 Å². The van der Waals surface area contributed by atoms with E-state index in [9.17, 15) is 0 Å². The maximum Gasteiger partial charge on any atom is 0.209 e. The third-order valence-electron chi connectivity index (χ3n) is 4.09. The van der Waals surface area contributed by atoms with Crippen LogP contribution in [-0.4, -0.2) is 39.1 Å². The number of aryl methyl sites for hydroxylation is 1. The molecule has 0 saturated carbocycles. The van der Waals surface area contributed by atoms with Crippen molar-refractivity contribution < 1.29 is 21.9 Å². The molecule has 0 spiro atoms. The van der Waals surface area contributed by atoms with Crippen molar-refractivity contribution in [2.24, 2.45) is 7.05 Å². The fraction of sp³-hybridized carbons (Fsp3) is 0.350. The van der Waals surface area contributed by atoms with Crippen molar-refractivity contribution in [1.29, 1.82) is 0 Å². The van der Waals surface area contributed by atoms with Crippen molar-refractivity contribution in [2.75, 3.05) is 18.9 Å². The molecule has 2 aromatic carbocycles. The number of hydrogen-bond acceptors (Lipinski definition) is 7. The zero-order valence-electron chi connectivity index (χ0n) is 17.1. The zero-order valence-corrected chi connectivity index (χ0v) is 20.2. The zero-order chi connectivity index (χ0) is 21.3. The van der Waals surface area contributed by atoms with Gasteiger partial charge >= 0.3 is 0 Å². The number of nitrogens with zero attached hydrogens (tertiary/aromatic N) is 4. The first kappa shape index (κ1) is 25.5. The average molecular weight is 504 g/mol. The minimum absolute atomic E-state index is 0. The Kier molecular flexibility index (Phi) is 10.7. The molecule has 11 heteroatoms. The van der Waals surface area contributed by atoms with Crippen LogP contribution in [0.3, 0.4) is 0 Å². The molecule has 1 aromatic heterocycles. The Morgan fingerprint density at radius 3 is 2.55 bits per heavy atom. The van der Waals surface area contributed by atoms with Crippen LogP contribution in [0.1, 0.15) is 18.1 Å². The molecule has 0 unspecified atom stereocenters. The molecular formula is C20H23Cl3N5O2S-. The van der Waals surface area contributed by atoms with Crippen LogP contribution in [-0.2, 0) is 20.2 Å². The van der Waals surface area contributed by atoms with Crippen molar-refractivity contribution in [1.82, 2.24) is 25.5 Å². The predicted octanol–water partition coefficient (Wildman–Crippen LogP) is 1.38. The van der Waals surface area contributed by atoms with E-state index < -0.39 is 0 Å². The van der Waals surface area contributed by atoms with Gasteiger partial charge in [-0.2, -0.15) is 0 Å². The number of rotatable bonds is 11. The number of nitrogens with one attached hydrogen (secondary N) is 1. The average Bonchev–Trinajstić information content (AvgIpc) is 3.13. The molecule has 0 atom stereocenters. The number of aromatic nitrogens is 4. The minimum Gasteiger partial charge on any atom is -1.00 e. The third kappa shape index (κ3) is 7.73. The van der Waals surface area contributed by atoms with Gasteiger partial charge in [0.15, 0.2) is 11.5 Å². The van der Waals surface area contributed by atoms with Crippen LogP contribution in [0, 0.1) is 0 Å². The van der Waals surface area contributed by atoms with Gasteiger partial charge in [-0.05, 0) is 52.7 Å². The highest BCUT2D eigenvalue weighted by Gasteiger charge is 2.13. The lowest BCUT2D eigenvalue weighted by molar-refractivity contribution is -0.00000692. The molecule has 168 valence electrons. The summed E-state index contributed by atoms with van der Waals surface area (Å²) >= 11 is 14.0. The summed E-state index contributed by atoms with van der Waals surface area (Å²) in [6, 6.07) is 11.4. The molecule has 0 amide bonds. The molecule has 0 aliphatic heterocycles. The van der Waals surface area contributed by atoms with E-state index in [-0.39, 0.29) is 12.4 Å². The fourth-order valence-corrected chi connectivity index (χ4v) is 3.81. The van der Waals surface area contributed by atoms with E-state index in [1.54, 1.807) is 16.4 Å². The molecule has 7 nitrogen and oxygen atoms in total. The Labute approximate surface area is 202 Å². The first-order valence-electron chi connectivity index (χ1n) is 9.45. The monoisotopic (exact) mass is 502 g/mol. The topological polar surface area (TPSA) is 74.1 Å². The highest BCUT2D eigenvalue weighted by molar-refractivity contribution is 7.99. The molecule has 3 rings (SSSR count). The lowest BCUT2D eigenvalue weighted by atomic mass is 10.2. The summed E-state index contributed by atoms with van der Waals surface area (Å²) in [5, 5.41) is 16.8. The molecule has 1 heterocycles. The highest BCUT2D eigenvalue weighted by atomic mass is 35.5. The Hall–Kier alpha value is -1.71.